The van der Waals surface area contributed by atoms with E-state index in [1.807, 2.05) is 31.2 Å². The molecule has 2 aromatic carbocycles. The normalized spacial score (nSPS) is 11.0. The predicted octanol–water partition coefficient (Wildman–Crippen LogP) is 2.06. The number of aryl methyl sites for hydroxylation is 1. The number of sulfonamides is 1. The largest absolute Gasteiger partial charge is 0.495 e. The molecule has 25 heavy (non-hydrogen) atoms. The Labute approximate surface area is 146 Å². The first kappa shape index (κ1) is 18.8. The second-order valence-electron chi connectivity index (χ2n) is 5.32. The summed E-state index contributed by atoms with van der Waals surface area (Å²) in [5.74, 6) is 0.527. The molecule has 7 nitrogen and oxygen atoms in total. The van der Waals surface area contributed by atoms with Crippen LogP contribution in [-0.4, -0.2) is 28.0 Å². The van der Waals surface area contributed by atoms with Crippen LogP contribution >= 0.6 is 0 Å². The van der Waals surface area contributed by atoms with Crippen LogP contribution in [0.25, 0.3) is 0 Å². The van der Waals surface area contributed by atoms with Crippen molar-refractivity contribution in [3.8, 4) is 11.5 Å². The lowest BCUT2D eigenvalue weighted by Gasteiger charge is -2.11. The van der Waals surface area contributed by atoms with Crippen LogP contribution in [0.3, 0.4) is 0 Å². The first-order chi connectivity index (χ1) is 11.8. The molecular formula is C17H20N2O5S. The molecule has 2 aromatic rings. The van der Waals surface area contributed by atoms with Gasteiger partial charge in [0.1, 0.15) is 16.4 Å². The van der Waals surface area contributed by atoms with Gasteiger partial charge >= 0.3 is 0 Å². The number of carbonyl (C=O) groups excluding carboxylic acids is 1. The summed E-state index contributed by atoms with van der Waals surface area (Å²) in [6, 6.07) is 11.7. The smallest absolute Gasteiger partial charge is 0.241 e. The zero-order valence-electron chi connectivity index (χ0n) is 14.0. The highest BCUT2D eigenvalue weighted by atomic mass is 32.2. The second-order valence-corrected chi connectivity index (χ2v) is 6.85. The van der Waals surface area contributed by atoms with Gasteiger partial charge in [-0.2, -0.15) is 0 Å². The number of nitrogens with one attached hydrogen (secondary N) is 1. The molecule has 134 valence electrons. The number of amides is 1. The molecule has 0 spiro atoms. The van der Waals surface area contributed by atoms with Gasteiger partial charge in [-0.15, -0.1) is 0 Å². The highest BCUT2D eigenvalue weighted by Gasteiger charge is 2.16. The second kappa shape index (κ2) is 8.00. The van der Waals surface area contributed by atoms with Crippen molar-refractivity contribution in [1.82, 2.24) is 0 Å². The molecule has 0 fully saturated rings. The minimum atomic E-state index is -3.96. The van der Waals surface area contributed by atoms with Gasteiger partial charge in [-0.25, -0.2) is 13.6 Å². The fraction of sp³-hybridized carbons (Fsp3) is 0.235. The Morgan fingerprint density at radius 1 is 1.16 bits per heavy atom. The average molecular weight is 364 g/mol. The number of rotatable bonds is 7. The summed E-state index contributed by atoms with van der Waals surface area (Å²) in [5.41, 5.74) is 1.29. The molecule has 0 bridgehead atoms. The van der Waals surface area contributed by atoms with E-state index < -0.39 is 10.0 Å². The van der Waals surface area contributed by atoms with Crippen LogP contribution in [0.5, 0.6) is 11.5 Å². The van der Waals surface area contributed by atoms with Gasteiger partial charge in [0.25, 0.3) is 0 Å². The third-order valence-electron chi connectivity index (χ3n) is 3.43. The number of hydrogen-bond acceptors (Lipinski definition) is 5. The van der Waals surface area contributed by atoms with Gasteiger partial charge in [0.15, 0.2) is 0 Å². The molecule has 0 heterocycles. The number of benzene rings is 2. The lowest BCUT2D eigenvalue weighted by atomic mass is 10.2. The first-order valence-corrected chi connectivity index (χ1v) is 9.05. The number of para-hydroxylation sites is 1. The van der Waals surface area contributed by atoms with Crippen LogP contribution in [-0.2, 0) is 14.8 Å². The van der Waals surface area contributed by atoms with Crippen molar-refractivity contribution in [1.29, 1.82) is 0 Å². The molecule has 1 amide bonds. The minimum absolute atomic E-state index is 0.114. The molecule has 3 N–H and O–H groups in total. The molecule has 0 saturated heterocycles. The van der Waals surface area contributed by atoms with E-state index in [2.05, 4.69) is 5.32 Å². The number of carbonyl (C=O) groups is 1. The molecule has 2 rings (SSSR count). The number of nitrogens with two attached hydrogens (primary N) is 1. The Morgan fingerprint density at radius 3 is 2.52 bits per heavy atom. The first-order valence-electron chi connectivity index (χ1n) is 7.50. The van der Waals surface area contributed by atoms with Gasteiger partial charge in [0.05, 0.1) is 20.1 Å². The Hall–Kier alpha value is -2.58. The van der Waals surface area contributed by atoms with Crippen molar-refractivity contribution < 1.29 is 22.7 Å². The number of methoxy groups -OCH3 is 1. The number of anilines is 1. The van der Waals surface area contributed by atoms with Gasteiger partial charge in [0, 0.05) is 5.69 Å². The molecule has 0 aliphatic heterocycles. The highest BCUT2D eigenvalue weighted by molar-refractivity contribution is 7.89. The molecular weight excluding hydrogens is 344 g/mol. The van der Waals surface area contributed by atoms with Crippen molar-refractivity contribution in [3.05, 3.63) is 48.0 Å². The third-order valence-corrected chi connectivity index (χ3v) is 4.37. The maximum atomic E-state index is 12.0. The maximum Gasteiger partial charge on any atom is 0.241 e. The fourth-order valence-electron chi connectivity index (χ4n) is 2.17. The molecule has 0 radical (unpaired) electrons. The molecule has 0 aliphatic carbocycles. The monoisotopic (exact) mass is 364 g/mol. The van der Waals surface area contributed by atoms with Crippen molar-refractivity contribution in [2.75, 3.05) is 19.0 Å². The summed E-state index contributed by atoms with van der Waals surface area (Å²) >= 11 is 0. The van der Waals surface area contributed by atoms with E-state index >= 15 is 0 Å². The van der Waals surface area contributed by atoms with Gasteiger partial charge in [-0.1, -0.05) is 18.2 Å². The molecule has 0 atom stereocenters. The topological polar surface area (TPSA) is 108 Å². The van der Waals surface area contributed by atoms with Crippen LogP contribution < -0.4 is 19.9 Å². The van der Waals surface area contributed by atoms with E-state index in [0.717, 1.165) is 11.3 Å². The van der Waals surface area contributed by atoms with Crippen LogP contribution in [0.2, 0.25) is 0 Å². The Bertz CT molecular complexity index is 865. The number of hydrogen-bond donors (Lipinski definition) is 2. The van der Waals surface area contributed by atoms with E-state index in [1.165, 1.54) is 25.3 Å². The van der Waals surface area contributed by atoms with Crippen LogP contribution in [0, 0.1) is 6.92 Å². The highest BCUT2D eigenvalue weighted by Crippen LogP contribution is 2.26. The molecule has 0 saturated carbocycles. The van der Waals surface area contributed by atoms with E-state index in [9.17, 15) is 13.2 Å². The fourth-order valence-corrected chi connectivity index (χ4v) is 2.90. The van der Waals surface area contributed by atoms with E-state index in [4.69, 9.17) is 14.6 Å². The summed E-state index contributed by atoms with van der Waals surface area (Å²) in [5, 5.41) is 7.76. The van der Waals surface area contributed by atoms with Crippen LogP contribution in [0.4, 0.5) is 5.69 Å². The van der Waals surface area contributed by atoms with Gasteiger partial charge in [-0.3, -0.25) is 4.79 Å². The van der Waals surface area contributed by atoms with E-state index in [-0.39, 0.29) is 29.6 Å². The Morgan fingerprint density at radius 2 is 1.88 bits per heavy atom. The lowest BCUT2D eigenvalue weighted by Crippen LogP contribution is -2.17. The SMILES string of the molecule is COc1ccc(NC(=O)CCOc2ccccc2C)cc1S(N)(=O)=O. The zero-order chi connectivity index (χ0) is 18.4. The Balaban J connectivity index is 1.98. The molecule has 0 aromatic heterocycles. The Kier molecular flexibility index (Phi) is 6.00. The predicted molar refractivity (Wildman–Crippen MR) is 94.3 cm³/mol. The summed E-state index contributed by atoms with van der Waals surface area (Å²) in [6.45, 7) is 2.12. The van der Waals surface area contributed by atoms with Crippen molar-refractivity contribution in [3.63, 3.8) is 0 Å². The van der Waals surface area contributed by atoms with Crippen LogP contribution in [0.15, 0.2) is 47.4 Å². The third kappa shape index (κ3) is 5.20. The quantitative estimate of drug-likeness (QED) is 0.782. The van der Waals surface area contributed by atoms with Gasteiger partial charge < -0.3 is 14.8 Å². The van der Waals surface area contributed by atoms with E-state index in [0.29, 0.717) is 5.69 Å². The zero-order valence-corrected chi connectivity index (χ0v) is 14.8. The van der Waals surface area contributed by atoms with Crippen LogP contribution in [0.1, 0.15) is 12.0 Å². The number of primary sulfonamides is 1. The molecule has 8 heteroatoms. The van der Waals surface area contributed by atoms with Gasteiger partial charge in [-0.05, 0) is 36.8 Å². The molecule has 0 aliphatic rings. The maximum absolute atomic E-state index is 12.0. The number of ether oxygens (including phenoxy) is 2. The summed E-state index contributed by atoms with van der Waals surface area (Å²) < 4.78 is 33.7. The standard InChI is InChI=1S/C17H20N2O5S/c1-12-5-3-4-6-14(12)24-10-9-17(20)19-13-7-8-15(23-2)16(11-13)25(18,21)22/h3-8,11H,9-10H2,1-2H3,(H,19,20)(H2,18,21,22). The lowest BCUT2D eigenvalue weighted by molar-refractivity contribution is -0.116. The summed E-state index contributed by atoms with van der Waals surface area (Å²) in [4.78, 5) is 11.8. The van der Waals surface area contributed by atoms with Crippen molar-refractivity contribution in [2.24, 2.45) is 5.14 Å². The van der Waals surface area contributed by atoms with Gasteiger partial charge in [0.2, 0.25) is 15.9 Å². The average Bonchev–Trinajstić information content (AvgIpc) is 2.56. The van der Waals surface area contributed by atoms with E-state index in [1.54, 1.807) is 0 Å². The molecule has 0 unspecified atom stereocenters. The van der Waals surface area contributed by atoms with Crippen molar-refractivity contribution in [2.45, 2.75) is 18.2 Å². The van der Waals surface area contributed by atoms with Crippen molar-refractivity contribution >= 4 is 21.6 Å². The summed E-state index contributed by atoms with van der Waals surface area (Å²) in [7, 11) is -2.62. The minimum Gasteiger partial charge on any atom is -0.495 e. The summed E-state index contributed by atoms with van der Waals surface area (Å²) in [6.07, 6.45) is 0.116.